The van der Waals surface area contributed by atoms with E-state index in [1.54, 1.807) is 0 Å². The fourth-order valence-corrected chi connectivity index (χ4v) is 1.05. The lowest BCUT2D eigenvalue weighted by atomic mass is 10.1. The van der Waals surface area contributed by atoms with Gasteiger partial charge in [0.15, 0.2) is 6.29 Å². The minimum Gasteiger partial charge on any atom is -0.515 e. The molecule has 0 aliphatic heterocycles. The van der Waals surface area contributed by atoms with Crippen LogP contribution in [0.2, 0.25) is 0 Å². The van der Waals surface area contributed by atoms with Gasteiger partial charge < -0.3 is 5.11 Å². The molecule has 0 bridgehead atoms. The number of benzene rings is 1. The van der Waals surface area contributed by atoms with Crippen molar-refractivity contribution < 1.29 is 23.1 Å². The van der Waals surface area contributed by atoms with Gasteiger partial charge in [-0.05, 0) is 17.7 Å². The number of carbonyl (C=O) groups excluding carboxylic acids is 1. The maximum absolute atomic E-state index is 12.3. The summed E-state index contributed by atoms with van der Waals surface area (Å²) in [6, 6.07) is 4.18. The smallest absolute Gasteiger partial charge is 0.416 e. The van der Waals surface area contributed by atoms with Crippen molar-refractivity contribution in [1.82, 2.24) is 0 Å². The zero-order valence-electron chi connectivity index (χ0n) is 7.45. The Kier molecular flexibility index (Phi) is 3.14. The molecule has 15 heavy (non-hydrogen) atoms. The van der Waals surface area contributed by atoms with E-state index in [4.69, 9.17) is 5.11 Å². The van der Waals surface area contributed by atoms with E-state index in [-0.39, 0.29) is 17.4 Å². The predicted molar refractivity (Wildman–Crippen MR) is 48.1 cm³/mol. The number of hydrogen-bond donors (Lipinski definition) is 1. The molecular weight excluding hydrogens is 209 g/mol. The molecule has 5 heteroatoms. The molecule has 1 aromatic carbocycles. The quantitative estimate of drug-likeness (QED) is 0.469. The molecule has 0 spiro atoms. The van der Waals surface area contributed by atoms with Crippen LogP contribution in [-0.2, 0) is 11.0 Å². The molecule has 2 nitrogen and oxygen atoms in total. The molecule has 0 fully saturated rings. The average Bonchev–Trinajstić information content (AvgIpc) is 2.19. The Morgan fingerprint density at radius 2 is 2.00 bits per heavy atom. The Morgan fingerprint density at radius 1 is 1.33 bits per heavy atom. The molecule has 1 N–H and O–H groups in total. The molecule has 0 aromatic heterocycles. The summed E-state index contributed by atoms with van der Waals surface area (Å²) in [6.07, 6.45) is -3.70. The van der Waals surface area contributed by atoms with Crippen molar-refractivity contribution in [3.8, 4) is 0 Å². The van der Waals surface area contributed by atoms with Crippen LogP contribution in [0, 0.1) is 0 Å². The van der Waals surface area contributed by atoms with Gasteiger partial charge in [-0.25, -0.2) is 0 Å². The Bertz CT molecular complexity index is 394. The fraction of sp³-hybridized carbons (Fsp3) is 0.100. The lowest BCUT2D eigenvalue weighted by Gasteiger charge is -2.07. The van der Waals surface area contributed by atoms with Gasteiger partial charge in [-0.15, -0.1) is 0 Å². The van der Waals surface area contributed by atoms with E-state index >= 15 is 0 Å². The van der Waals surface area contributed by atoms with Crippen molar-refractivity contribution in [2.45, 2.75) is 6.18 Å². The summed E-state index contributed by atoms with van der Waals surface area (Å²) in [6.45, 7) is 0. The topological polar surface area (TPSA) is 37.3 Å². The van der Waals surface area contributed by atoms with Gasteiger partial charge in [0.2, 0.25) is 0 Å². The number of allylic oxidation sites excluding steroid dienone is 1. The standard InChI is InChI=1S/C10H7F3O2/c11-10(12,13)9-3-1-2-7(4-9)8(5-14)6-15/h1-6,14H/b8-5+. The van der Waals surface area contributed by atoms with Crippen LogP contribution >= 0.6 is 0 Å². The molecule has 1 aromatic rings. The van der Waals surface area contributed by atoms with Gasteiger partial charge in [0.05, 0.1) is 17.4 Å². The second kappa shape index (κ2) is 4.16. The van der Waals surface area contributed by atoms with Crippen molar-refractivity contribution in [1.29, 1.82) is 0 Å². The largest absolute Gasteiger partial charge is 0.515 e. The molecule has 1 rings (SSSR count). The van der Waals surface area contributed by atoms with Gasteiger partial charge in [-0.1, -0.05) is 12.1 Å². The Morgan fingerprint density at radius 3 is 2.47 bits per heavy atom. The Hall–Kier alpha value is -1.78. The van der Waals surface area contributed by atoms with Crippen LogP contribution in [0.5, 0.6) is 0 Å². The van der Waals surface area contributed by atoms with E-state index in [2.05, 4.69) is 0 Å². The lowest BCUT2D eigenvalue weighted by molar-refractivity contribution is -0.137. The normalized spacial score (nSPS) is 12.6. The van der Waals surface area contributed by atoms with Gasteiger partial charge in [-0.3, -0.25) is 4.79 Å². The first-order valence-electron chi connectivity index (χ1n) is 3.96. The highest BCUT2D eigenvalue weighted by Gasteiger charge is 2.30. The maximum atomic E-state index is 12.3. The molecule has 0 heterocycles. The van der Waals surface area contributed by atoms with E-state index in [1.165, 1.54) is 12.1 Å². The van der Waals surface area contributed by atoms with Gasteiger partial charge in [0.25, 0.3) is 0 Å². The summed E-state index contributed by atoms with van der Waals surface area (Å²) < 4.78 is 36.8. The highest BCUT2D eigenvalue weighted by atomic mass is 19.4. The molecule has 0 atom stereocenters. The molecular formula is C10H7F3O2. The summed E-state index contributed by atoms with van der Waals surface area (Å²) in [5.74, 6) is 0. The summed E-state index contributed by atoms with van der Waals surface area (Å²) >= 11 is 0. The van der Waals surface area contributed by atoms with Crippen LogP contribution in [0.3, 0.4) is 0 Å². The third-order valence-electron chi connectivity index (χ3n) is 1.79. The predicted octanol–water partition coefficient (Wildman–Crippen LogP) is 2.80. The van der Waals surface area contributed by atoms with Gasteiger partial charge in [-0.2, -0.15) is 13.2 Å². The molecule has 0 amide bonds. The summed E-state index contributed by atoms with van der Waals surface area (Å²) in [5.41, 5.74) is -1.02. The number of rotatable bonds is 2. The molecule has 0 radical (unpaired) electrons. The van der Waals surface area contributed by atoms with Crippen molar-refractivity contribution in [3.63, 3.8) is 0 Å². The molecule has 0 unspecified atom stereocenters. The van der Waals surface area contributed by atoms with Crippen LogP contribution in [0.15, 0.2) is 30.5 Å². The Labute approximate surface area is 83.7 Å². The van der Waals surface area contributed by atoms with E-state index in [0.717, 1.165) is 12.1 Å². The van der Waals surface area contributed by atoms with Crippen molar-refractivity contribution in [3.05, 3.63) is 41.7 Å². The third kappa shape index (κ3) is 2.59. The van der Waals surface area contributed by atoms with Crippen LogP contribution < -0.4 is 0 Å². The first-order valence-corrected chi connectivity index (χ1v) is 3.96. The summed E-state index contributed by atoms with van der Waals surface area (Å²) in [7, 11) is 0. The number of alkyl halides is 3. The minimum absolute atomic E-state index is 0.0299. The van der Waals surface area contributed by atoms with Gasteiger partial charge in [0.1, 0.15) is 0 Å². The van der Waals surface area contributed by atoms with E-state index in [0.29, 0.717) is 6.26 Å². The van der Waals surface area contributed by atoms with Crippen molar-refractivity contribution in [2.75, 3.05) is 0 Å². The Balaban J connectivity index is 3.19. The highest BCUT2D eigenvalue weighted by molar-refractivity contribution is 6.06. The van der Waals surface area contributed by atoms with E-state index < -0.39 is 11.7 Å². The van der Waals surface area contributed by atoms with E-state index in [9.17, 15) is 18.0 Å². The summed E-state index contributed by atoms with van der Waals surface area (Å²) in [4.78, 5) is 10.4. The number of carbonyl (C=O) groups is 1. The maximum Gasteiger partial charge on any atom is 0.416 e. The molecule has 0 saturated carbocycles. The van der Waals surface area contributed by atoms with Gasteiger partial charge >= 0.3 is 6.18 Å². The molecule has 80 valence electrons. The SMILES string of the molecule is O=C/C(=C\O)c1cccc(C(F)(F)F)c1. The lowest BCUT2D eigenvalue weighted by Crippen LogP contribution is -2.05. The van der Waals surface area contributed by atoms with Crippen molar-refractivity contribution in [2.24, 2.45) is 0 Å². The molecule has 0 aliphatic rings. The second-order valence-electron chi connectivity index (χ2n) is 2.78. The molecule has 0 aliphatic carbocycles. The van der Waals surface area contributed by atoms with Crippen LogP contribution in [0.1, 0.15) is 11.1 Å². The monoisotopic (exact) mass is 216 g/mol. The zero-order chi connectivity index (χ0) is 11.5. The van der Waals surface area contributed by atoms with Crippen LogP contribution in [0.4, 0.5) is 13.2 Å². The highest BCUT2D eigenvalue weighted by Crippen LogP contribution is 2.30. The average molecular weight is 216 g/mol. The second-order valence-corrected chi connectivity index (χ2v) is 2.78. The van der Waals surface area contributed by atoms with Gasteiger partial charge in [0, 0.05) is 0 Å². The van der Waals surface area contributed by atoms with E-state index in [1.807, 2.05) is 0 Å². The fourth-order valence-electron chi connectivity index (χ4n) is 1.05. The molecule has 0 saturated heterocycles. The number of aliphatic hydroxyl groups is 1. The first kappa shape index (κ1) is 11.3. The number of halogens is 3. The van der Waals surface area contributed by atoms with Crippen LogP contribution in [0.25, 0.3) is 5.57 Å². The first-order chi connectivity index (χ1) is 6.99. The van der Waals surface area contributed by atoms with Crippen LogP contribution in [-0.4, -0.2) is 11.4 Å². The van der Waals surface area contributed by atoms with Crippen molar-refractivity contribution >= 4 is 11.9 Å². The summed E-state index contributed by atoms with van der Waals surface area (Å²) in [5, 5.41) is 8.60. The number of aliphatic hydroxyl groups excluding tert-OH is 1. The number of hydrogen-bond acceptors (Lipinski definition) is 2. The zero-order valence-corrected chi connectivity index (χ0v) is 7.45. The minimum atomic E-state index is -4.46. The number of aldehydes is 1. The third-order valence-corrected chi connectivity index (χ3v) is 1.79.